The van der Waals surface area contributed by atoms with E-state index in [9.17, 15) is 0 Å². The summed E-state index contributed by atoms with van der Waals surface area (Å²) in [5.74, 6) is 1.84. The third-order valence-corrected chi connectivity index (χ3v) is 9.41. The van der Waals surface area contributed by atoms with Crippen LogP contribution in [0.2, 0.25) is 0 Å². The molecule has 9 rings (SSSR count). The Morgan fingerprint density at radius 2 is 1.02 bits per heavy atom. The normalized spacial score (nSPS) is 13.6. The first-order valence-corrected chi connectivity index (χ1v) is 15.0. The SMILES string of the molecule is c1ccc(Cc2cccc3c(-c4ccc5c(c4)C4(c6ccccc6Oc6ccccc64)c4ccccc4-5)cccc23)cc1. The number of fused-ring (bicyclic) bond motifs is 10. The molecule has 0 amide bonds. The smallest absolute Gasteiger partial charge is 0.132 e. The second-order valence-electron chi connectivity index (χ2n) is 11.6. The van der Waals surface area contributed by atoms with Crippen LogP contribution >= 0.6 is 0 Å². The van der Waals surface area contributed by atoms with E-state index in [1.54, 1.807) is 0 Å². The molecule has 0 saturated carbocycles. The minimum atomic E-state index is -0.462. The average Bonchev–Trinajstić information content (AvgIpc) is 3.35. The molecular weight excluding hydrogens is 520 g/mol. The zero-order valence-corrected chi connectivity index (χ0v) is 23.6. The Morgan fingerprint density at radius 1 is 0.419 bits per heavy atom. The van der Waals surface area contributed by atoms with Crippen molar-refractivity contribution in [1.82, 2.24) is 0 Å². The highest BCUT2D eigenvalue weighted by atomic mass is 16.5. The van der Waals surface area contributed by atoms with Gasteiger partial charge in [-0.15, -0.1) is 0 Å². The molecule has 1 nitrogen and oxygen atoms in total. The zero-order valence-electron chi connectivity index (χ0n) is 23.6. The van der Waals surface area contributed by atoms with E-state index in [0.717, 1.165) is 17.9 Å². The molecule has 2 aliphatic rings. The molecule has 7 aromatic rings. The maximum atomic E-state index is 6.53. The van der Waals surface area contributed by atoms with Crippen LogP contribution in [0.15, 0.2) is 158 Å². The van der Waals surface area contributed by atoms with E-state index in [0.29, 0.717) is 0 Å². The van der Waals surface area contributed by atoms with Crippen molar-refractivity contribution in [2.75, 3.05) is 0 Å². The largest absolute Gasteiger partial charge is 0.457 e. The van der Waals surface area contributed by atoms with Crippen molar-refractivity contribution in [2.45, 2.75) is 11.8 Å². The molecule has 1 heteroatoms. The second kappa shape index (κ2) is 9.31. The van der Waals surface area contributed by atoms with E-state index in [1.807, 2.05) is 0 Å². The van der Waals surface area contributed by atoms with Gasteiger partial charge in [0.25, 0.3) is 0 Å². The van der Waals surface area contributed by atoms with Crippen LogP contribution in [0.1, 0.15) is 33.4 Å². The van der Waals surface area contributed by atoms with Crippen LogP contribution in [0.5, 0.6) is 11.5 Å². The molecule has 0 atom stereocenters. The molecule has 0 radical (unpaired) electrons. The Bertz CT molecular complexity index is 2140. The number of benzene rings is 7. The molecule has 202 valence electrons. The lowest BCUT2D eigenvalue weighted by Gasteiger charge is -2.39. The Balaban J connectivity index is 1.30. The van der Waals surface area contributed by atoms with Gasteiger partial charge in [0.15, 0.2) is 0 Å². The van der Waals surface area contributed by atoms with Crippen LogP contribution < -0.4 is 4.74 Å². The Hall–Kier alpha value is -5.40. The second-order valence-corrected chi connectivity index (χ2v) is 11.6. The Morgan fingerprint density at radius 3 is 1.81 bits per heavy atom. The van der Waals surface area contributed by atoms with E-state index in [-0.39, 0.29) is 0 Å². The van der Waals surface area contributed by atoms with Crippen molar-refractivity contribution >= 4 is 10.8 Å². The van der Waals surface area contributed by atoms with Crippen LogP contribution in [0.25, 0.3) is 33.0 Å². The minimum absolute atomic E-state index is 0.462. The summed E-state index contributed by atoms with van der Waals surface area (Å²) in [7, 11) is 0. The third-order valence-electron chi connectivity index (χ3n) is 9.41. The van der Waals surface area contributed by atoms with Crippen molar-refractivity contribution in [1.29, 1.82) is 0 Å². The minimum Gasteiger partial charge on any atom is -0.457 e. The fourth-order valence-electron chi connectivity index (χ4n) is 7.62. The predicted octanol–water partition coefficient (Wildman–Crippen LogP) is 10.6. The molecule has 43 heavy (non-hydrogen) atoms. The molecule has 0 aromatic heterocycles. The van der Waals surface area contributed by atoms with Gasteiger partial charge in [0.05, 0.1) is 5.41 Å². The summed E-state index contributed by atoms with van der Waals surface area (Å²) in [4.78, 5) is 0. The van der Waals surface area contributed by atoms with Gasteiger partial charge in [-0.05, 0) is 79.9 Å². The van der Waals surface area contributed by atoms with Crippen LogP contribution in [-0.4, -0.2) is 0 Å². The number of hydrogen-bond acceptors (Lipinski definition) is 1. The predicted molar refractivity (Wildman–Crippen MR) is 176 cm³/mol. The van der Waals surface area contributed by atoms with Crippen molar-refractivity contribution in [3.63, 3.8) is 0 Å². The quantitative estimate of drug-likeness (QED) is 0.213. The molecule has 0 bridgehead atoms. The van der Waals surface area contributed by atoms with Gasteiger partial charge < -0.3 is 4.74 Å². The van der Waals surface area contributed by atoms with E-state index in [1.165, 1.54) is 66.4 Å². The summed E-state index contributed by atoms with van der Waals surface area (Å²) < 4.78 is 6.53. The maximum absolute atomic E-state index is 6.53. The fourth-order valence-corrected chi connectivity index (χ4v) is 7.62. The van der Waals surface area contributed by atoms with Gasteiger partial charge in [0.1, 0.15) is 11.5 Å². The lowest BCUT2D eigenvalue weighted by atomic mass is 9.66. The first-order valence-electron chi connectivity index (χ1n) is 15.0. The lowest BCUT2D eigenvalue weighted by Crippen LogP contribution is -2.32. The zero-order chi connectivity index (χ0) is 28.4. The molecule has 0 fully saturated rings. The van der Waals surface area contributed by atoms with E-state index < -0.39 is 5.41 Å². The number of hydrogen-bond donors (Lipinski definition) is 0. The van der Waals surface area contributed by atoms with Crippen molar-refractivity contribution in [3.05, 3.63) is 191 Å². The van der Waals surface area contributed by atoms with Crippen LogP contribution in [0, 0.1) is 0 Å². The van der Waals surface area contributed by atoms with E-state index in [2.05, 4.69) is 158 Å². The van der Waals surface area contributed by atoms with Gasteiger partial charge in [-0.2, -0.15) is 0 Å². The topological polar surface area (TPSA) is 9.23 Å². The maximum Gasteiger partial charge on any atom is 0.132 e. The van der Waals surface area contributed by atoms with Gasteiger partial charge in [-0.25, -0.2) is 0 Å². The van der Waals surface area contributed by atoms with E-state index >= 15 is 0 Å². The first kappa shape index (κ1) is 24.2. The monoisotopic (exact) mass is 548 g/mol. The number of rotatable bonds is 3. The van der Waals surface area contributed by atoms with Crippen LogP contribution in [0.4, 0.5) is 0 Å². The summed E-state index contributed by atoms with van der Waals surface area (Å²) >= 11 is 0. The average molecular weight is 549 g/mol. The van der Waals surface area contributed by atoms with Crippen molar-refractivity contribution < 1.29 is 4.74 Å². The molecular formula is C42H28O. The molecule has 1 aliphatic carbocycles. The molecule has 0 saturated heterocycles. The summed E-state index contributed by atoms with van der Waals surface area (Å²) in [5.41, 5.74) is 12.3. The molecule has 0 N–H and O–H groups in total. The van der Waals surface area contributed by atoms with Gasteiger partial charge in [0, 0.05) is 11.1 Å². The summed E-state index contributed by atoms with van der Waals surface area (Å²) in [6.45, 7) is 0. The molecule has 1 spiro atoms. The molecule has 7 aromatic carbocycles. The van der Waals surface area contributed by atoms with E-state index in [4.69, 9.17) is 4.74 Å². The molecule has 1 heterocycles. The highest BCUT2D eigenvalue weighted by Crippen LogP contribution is 2.62. The molecule has 1 aliphatic heterocycles. The van der Waals surface area contributed by atoms with Gasteiger partial charge in [-0.3, -0.25) is 0 Å². The van der Waals surface area contributed by atoms with Gasteiger partial charge >= 0.3 is 0 Å². The lowest BCUT2D eigenvalue weighted by molar-refractivity contribution is 0.436. The van der Waals surface area contributed by atoms with Crippen molar-refractivity contribution in [2.24, 2.45) is 0 Å². The number of para-hydroxylation sites is 2. The summed E-state index contributed by atoms with van der Waals surface area (Å²) in [6, 6.07) is 57.4. The van der Waals surface area contributed by atoms with Gasteiger partial charge in [0.2, 0.25) is 0 Å². The Labute approximate surface area is 251 Å². The Kier molecular flexibility index (Phi) is 5.24. The van der Waals surface area contributed by atoms with Crippen LogP contribution in [-0.2, 0) is 11.8 Å². The van der Waals surface area contributed by atoms with Crippen molar-refractivity contribution in [3.8, 4) is 33.8 Å². The summed E-state index contributed by atoms with van der Waals surface area (Å²) in [6.07, 6.45) is 0.914. The summed E-state index contributed by atoms with van der Waals surface area (Å²) in [5, 5.41) is 2.59. The first-order chi connectivity index (χ1) is 21.3. The highest BCUT2D eigenvalue weighted by Gasteiger charge is 2.51. The molecule has 0 unspecified atom stereocenters. The standard InChI is InChI=1S/C42H28O/c1-2-12-28(13-3-1)26-29-14-10-18-33-31(29)16-11-17-32(33)30-24-25-35-34-15-4-5-19-36(34)42(39(35)27-30)37-20-6-8-22-40(37)43-41-23-9-7-21-38(41)42/h1-25,27H,26H2. The van der Waals surface area contributed by atoms with Crippen LogP contribution in [0.3, 0.4) is 0 Å². The third kappa shape index (κ3) is 3.46. The number of ether oxygens (including phenoxy) is 1. The highest BCUT2D eigenvalue weighted by molar-refractivity contribution is 6.00. The fraction of sp³-hybridized carbons (Fsp3) is 0.0476. The van der Waals surface area contributed by atoms with Gasteiger partial charge in [-0.1, -0.05) is 140 Å².